The Morgan fingerprint density at radius 2 is 1.72 bits per heavy atom. The monoisotopic (exact) mass is 342 g/mol. The van der Waals surface area contributed by atoms with E-state index in [0.29, 0.717) is 4.47 Å². The van der Waals surface area contributed by atoms with Crippen LogP contribution < -0.4 is 0 Å². The summed E-state index contributed by atoms with van der Waals surface area (Å²) in [6, 6.07) is 3.73. The maximum atomic E-state index is 12.6. The smallest absolute Gasteiger partial charge is 0.166 e. The highest BCUT2D eigenvalue weighted by Gasteiger charge is 2.32. The van der Waals surface area contributed by atoms with Gasteiger partial charge in [0.25, 0.3) is 0 Å². The third-order valence-corrected chi connectivity index (χ3v) is 3.86. The van der Waals surface area contributed by atoms with Crippen molar-refractivity contribution in [1.29, 1.82) is 0 Å². The highest BCUT2D eigenvalue weighted by atomic mass is 79.9. The van der Waals surface area contributed by atoms with Crippen LogP contribution in [0, 0.1) is 5.92 Å². The summed E-state index contributed by atoms with van der Waals surface area (Å²) in [5, 5.41) is -0.141. The zero-order chi connectivity index (χ0) is 14.1. The Bertz CT molecular complexity index is 405. The molecule has 5 heteroatoms. The summed E-state index contributed by atoms with van der Waals surface area (Å²) in [5.74, 6) is 0.272. The molecule has 0 aromatic heterocycles. The lowest BCUT2D eigenvalue weighted by Crippen LogP contribution is -2.17. The Balaban J connectivity index is 3.20. The van der Waals surface area contributed by atoms with Crippen LogP contribution in [0.5, 0.6) is 0 Å². The molecule has 0 N–H and O–H groups in total. The van der Waals surface area contributed by atoms with Gasteiger partial charge >= 0.3 is 6.18 Å². The van der Waals surface area contributed by atoms with Crippen LogP contribution in [0.3, 0.4) is 0 Å². The lowest BCUT2D eigenvalue weighted by atomic mass is 9.85. The van der Waals surface area contributed by atoms with Crippen molar-refractivity contribution >= 4 is 27.5 Å². The Morgan fingerprint density at radius 1 is 1.17 bits per heavy atom. The van der Waals surface area contributed by atoms with E-state index in [-0.39, 0.29) is 17.2 Å². The Kier molecular flexibility index (Phi) is 5.13. The van der Waals surface area contributed by atoms with Crippen molar-refractivity contribution in [3.05, 3.63) is 33.8 Å². The predicted octanol–water partition coefficient (Wildman–Crippen LogP) is 5.83. The summed E-state index contributed by atoms with van der Waals surface area (Å²) in [5.41, 5.74) is 0.170. The van der Waals surface area contributed by atoms with Gasteiger partial charge in [-0.3, -0.25) is 0 Å². The standard InChI is InChI=1S/C13H15BrClF3/c1-7(2)12(8(3)15)10-5-4-9(6-11(10)14)13(16,17)18/h4-8,12H,1-3H3. The molecule has 0 aliphatic carbocycles. The predicted molar refractivity (Wildman–Crippen MR) is 72.0 cm³/mol. The summed E-state index contributed by atoms with van der Waals surface area (Å²) < 4.78 is 38.2. The second kappa shape index (κ2) is 5.83. The molecule has 18 heavy (non-hydrogen) atoms. The molecule has 0 saturated carbocycles. The lowest BCUT2D eigenvalue weighted by Gasteiger charge is -2.25. The molecular formula is C13H15BrClF3. The van der Waals surface area contributed by atoms with Crippen LogP contribution in [0.15, 0.2) is 22.7 Å². The van der Waals surface area contributed by atoms with Crippen LogP contribution in [0.1, 0.15) is 37.8 Å². The fourth-order valence-electron chi connectivity index (χ4n) is 2.11. The van der Waals surface area contributed by atoms with Crippen molar-refractivity contribution in [3.8, 4) is 0 Å². The number of benzene rings is 1. The van der Waals surface area contributed by atoms with Crippen molar-refractivity contribution in [1.82, 2.24) is 0 Å². The fourth-order valence-corrected chi connectivity index (χ4v) is 3.18. The van der Waals surface area contributed by atoms with Gasteiger partial charge in [-0.25, -0.2) is 0 Å². The lowest BCUT2D eigenvalue weighted by molar-refractivity contribution is -0.137. The van der Waals surface area contributed by atoms with Crippen LogP contribution in [0.25, 0.3) is 0 Å². The van der Waals surface area contributed by atoms with Gasteiger partial charge in [-0.05, 0) is 30.5 Å². The molecule has 0 aliphatic rings. The first-order valence-corrected chi connectivity index (χ1v) is 6.88. The van der Waals surface area contributed by atoms with Gasteiger partial charge in [0.15, 0.2) is 0 Å². The van der Waals surface area contributed by atoms with Crippen LogP contribution in [0.4, 0.5) is 13.2 Å². The number of hydrogen-bond acceptors (Lipinski definition) is 0. The van der Waals surface area contributed by atoms with E-state index in [1.54, 1.807) is 0 Å². The first-order chi connectivity index (χ1) is 8.14. The second-order valence-corrected chi connectivity index (χ2v) is 6.22. The van der Waals surface area contributed by atoms with Crippen molar-refractivity contribution in [2.45, 2.75) is 38.2 Å². The van der Waals surface area contributed by atoms with Crippen LogP contribution in [0.2, 0.25) is 0 Å². The second-order valence-electron chi connectivity index (χ2n) is 4.68. The van der Waals surface area contributed by atoms with E-state index >= 15 is 0 Å². The third kappa shape index (κ3) is 3.64. The van der Waals surface area contributed by atoms with Gasteiger partial charge in [0, 0.05) is 15.8 Å². The Hall–Kier alpha value is -0.220. The van der Waals surface area contributed by atoms with Gasteiger partial charge in [-0.1, -0.05) is 35.8 Å². The average Bonchev–Trinajstić information content (AvgIpc) is 2.18. The van der Waals surface area contributed by atoms with E-state index in [9.17, 15) is 13.2 Å². The molecule has 2 unspecified atom stereocenters. The van der Waals surface area contributed by atoms with Crippen molar-refractivity contribution in [2.75, 3.05) is 0 Å². The highest BCUT2D eigenvalue weighted by molar-refractivity contribution is 9.10. The Labute approximate surface area is 119 Å². The number of halogens is 5. The van der Waals surface area contributed by atoms with E-state index in [1.807, 2.05) is 20.8 Å². The fraction of sp³-hybridized carbons (Fsp3) is 0.538. The molecule has 2 atom stereocenters. The molecule has 0 aliphatic heterocycles. The van der Waals surface area contributed by atoms with Gasteiger partial charge in [0.1, 0.15) is 0 Å². The zero-order valence-electron chi connectivity index (χ0n) is 10.4. The van der Waals surface area contributed by atoms with E-state index in [0.717, 1.165) is 17.7 Å². The molecule has 0 radical (unpaired) electrons. The molecule has 1 aromatic carbocycles. The van der Waals surface area contributed by atoms with Crippen molar-refractivity contribution in [3.63, 3.8) is 0 Å². The van der Waals surface area contributed by atoms with Crippen molar-refractivity contribution in [2.24, 2.45) is 5.92 Å². The Morgan fingerprint density at radius 3 is 2.06 bits per heavy atom. The molecule has 0 spiro atoms. The van der Waals surface area contributed by atoms with E-state index < -0.39 is 11.7 Å². The molecule has 0 nitrogen and oxygen atoms in total. The minimum absolute atomic E-state index is 0.0170. The number of hydrogen-bond donors (Lipinski definition) is 0. The first kappa shape index (κ1) is 15.8. The molecule has 0 bridgehead atoms. The topological polar surface area (TPSA) is 0 Å². The third-order valence-electron chi connectivity index (χ3n) is 2.90. The number of rotatable bonds is 3. The number of alkyl halides is 4. The van der Waals surface area contributed by atoms with E-state index in [2.05, 4.69) is 15.9 Å². The molecule has 0 amide bonds. The summed E-state index contributed by atoms with van der Waals surface area (Å²) in [4.78, 5) is 0. The highest BCUT2D eigenvalue weighted by Crippen LogP contribution is 2.38. The van der Waals surface area contributed by atoms with Gasteiger partial charge in [0.05, 0.1) is 5.56 Å². The minimum atomic E-state index is -4.32. The average molecular weight is 344 g/mol. The molecule has 1 aromatic rings. The summed E-state index contributed by atoms with van der Waals surface area (Å²) in [7, 11) is 0. The SMILES string of the molecule is CC(C)C(c1ccc(C(F)(F)F)cc1Br)C(C)Cl. The molecular weight excluding hydrogens is 328 g/mol. The minimum Gasteiger partial charge on any atom is -0.166 e. The molecule has 0 saturated heterocycles. The van der Waals surface area contributed by atoms with Crippen molar-refractivity contribution < 1.29 is 13.2 Å². The van der Waals surface area contributed by atoms with Crippen LogP contribution in [-0.2, 0) is 6.18 Å². The largest absolute Gasteiger partial charge is 0.416 e. The van der Waals surface area contributed by atoms with Gasteiger partial charge in [-0.2, -0.15) is 13.2 Å². The molecule has 102 valence electrons. The maximum absolute atomic E-state index is 12.6. The zero-order valence-corrected chi connectivity index (χ0v) is 12.7. The van der Waals surface area contributed by atoms with Gasteiger partial charge in [-0.15, -0.1) is 11.6 Å². The summed E-state index contributed by atoms with van der Waals surface area (Å²) in [6.07, 6.45) is -4.32. The summed E-state index contributed by atoms with van der Waals surface area (Å²) in [6.45, 7) is 5.87. The maximum Gasteiger partial charge on any atom is 0.416 e. The van der Waals surface area contributed by atoms with E-state index in [1.165, 1.54) is 6.07 Å². The van der Waals surface area contributed by atoms with Crippen LogP contribution in [-0.4, -0.2) is 5.38 Å². The normalized spacial score (nSPS) is 15.8. The molecule has 0 fully saturated rings. The quantitative estimate of drug-likeness (QED) is 0.605. The first-order valence-electron chi connectivity index (χ1n) is 5.65. The van der Waals surface area contributed by atoms with Gasteiger partial charge in [0.2, 0.25) is 0 Å². The summed E-state index contributed by atoms with van der Waals surface area (Å²) >= 11 is 9.35. The molecule has 1 rings (SSSR count). The van der Waals surface area contributed by atoms with Gasteiger partial charge < -0.3 is 0 Å². The molecule has 0 heterocycles. The van der Waals surface area contributed by atoms with E-state index in [4.69, 9.17) is 11.6 Å². The van der Waals surface area contributed by atoms with Crippen LogP contribution >= 0.6 is 27.5 Å².